The summed E-state index contributed by atoms with van der Waals surface area (Å²) in [5, 5.41) is 0. The number of nitrogens with zero attached hydrogens (tertiary/aromatic N) is 1. The van der Waals surface area contributed by atoms with Gasteiger partial charge in [0.25, 0.3) is 0 Å². The van der Waals surface area contributed by atoms with E-state index in [0.717, 1.165) is 12.8 Å². The summed E-state index contributed by atoms with van der Waals surface area (Å²) in [6, 6.07) is 2.79. The summed E-state index contributed by atoms with van der Waals surface area (Å²) in [6.45, 7) is 10.4. The molecule has 0 N–H and O–H groups in total. The average Bonchev–Trinajstić information content (AvgIpc) is 2.46. The summed E-state index contributed by atoms with van der Waals surface area (Å²) in [5.41, 5.74) is 0. The number of rotatable bonds is 1. The zero-order valence-electron chi connectivity index (χ0n) is 12.3. The van der Waals surface area contributed by atoms with Gasteiger partial charge in [0.2, 0.25) is 0 Å². The van der Waals surface area contributed by atoms with Gasteiger partial charge >= 0.3 is 5.97 Å². The van der Waals surface area contributed by atoms with Crippen LogP contribution < -0.4 is 0 Å². The quantitative estimate of drug-likeness (QED) is 0.547. The van der Waals surface area contributed by atoms with E-state index in [1.807, 2.05) is 0 Å². The molecule has 0 bridgehead atoms. The molecule has 3 nitrogen and oxygen atoms in total. The molecule has 0 aliphatic carbocycles. The molecule has 0 amide bonds. The molecule has 0 aromatic rings. The first kappa shape index (κ1) is 14.3. The average molecular weight is 286 g/mol. The molecular weight excluding hydrogens is 258 g/mol. The van der Waals surface area contributed by atoms with Gasteiger partial charge in [0.1, 0.15) is 16.5 Å². The number of cyclic esters (lactones) is 1. The van der Waals surface area contributed by atoms with E-state index in [2.05, 4.69) is 30.4 Å². The van der Waals surface area contributed by atoms with Crippen molar-refractivity contribution in [2.75, 3.05) is 6.61 Å². The zero-order valence-corrected chi connectivity index (χ0v) is 14.3. The Kier molecular flexibility index (Phi) is 4.04. The molecule has 104 valence electrons. The summed E-state index contributed by atoms with van der Waals surface area (Å²) in [4.78, 5) is 12.3. The predicted octanol–water partition coefficient (Wildman–Crippen LogP) is 3.20. The number of ether oxygens (including phenoxy) is 1. The molecule has 2 rings (SSSR count). The molecule has 2 fully saturated rings. The van der Waals surface area contributed by atoms with E-state index in [1.54, 1.807) is 0 Å². The Morgan fingerprint density at radius 3 is 2.28 bits per heavy atom. The summed E-state index contributed by atoms with van der Waals surface area (Å²) >= 11 is 0. The van der Waals surface area contributed by atoms with Crippen molar-refractivity contribution in [2.45, 2.75) is 70.0 Å². The second-order valence-electron chi connectivity index (χ2n) is 7.03. The number of hydrogen-bond donors (Lipinski definition) is 0. The molecular formula is C13H27NO2Si2. The topological polar surface area (TPSA) is 29.5 Å². The van der Waals surface area contributed by atoms with Crippen LogP contribution in [0.2, 0.25) is 38.3 Å². The second-order valence-corrected chi connectivity index (χ2v) is 16.7. The lowest BCUT2D eigenvalue weighted by Gasteiger charge is -2.44. The standard InChI is InChI=1S/C13H27NO2Si2/c1-17(2)10-11-18(3,4)14(17)12-8-6-5-7-9-16-13(12)15/h12H,5-11H2,1-4H3. The lowest BCUT2D eigenvalue weighted by atomic mass is 10.1. The Morgan fingerprint density at radius 1 is 1.06 bits per heavy atom. The van der Waals surface area contributed by atoms with Crippen LogP contribution in [0.3, 0.4) is 0 Å². The van der Waals surface area contributed by atoms with Crippen LogP contribution in [0, 0.1) is 0 Å². The van der Waals surface area contributed by atoms with Gasteiger partial charge in [-0.1, -0.05) is 32.6 Å². The molecule has 0 saturated carbocycles. The van der Waals surface area contributed by atoms with E-state index in [9.17, 15) is 4.79 Å². The molecule has 5 heteroatoms. The molecule has 18 heavy (non-hydrogen) atoms. The van der Waals surface area contributed by atoms with Gasteiger partial charge in [0.05, 0.1) is 12.6 Å². The van der Waals surface area contributed by atoms with E-state index in [1.165, 1.54) is 24.9 Å². The summed E-state index contributed by atoms with van der Waals surface area (Å²) in [7, 11) is -2.76. The third-order valence-electron chi connectivity index (χ3n) is 4.60. The highest BCUT2D eigenvalue weighted by Gasteiger charge is 2.52. The van der Waals surface area contributed by atoms with Crippen LogP contribution in [0.15, 0.2) is 0 Å². The van der Waals surface area contributed by atoms with Crippen LogP contribution in [-0.4, -0.2) is 39.3 Å². The highest BCUT2D eigenvalue weighted by atomic mass is 28.4. The Morgan fingerprint density at radius 2 is 1.67 bits per heavy atom. The molecule has 2 heterocycles. The predicted molar refractivity (Wildman–Crippen MR) is 79.6 cm³/mol. The molecule has 0 spiro atoms. The third-order valence-corrected chi connectivity index (χ3v) is 14.9. The van der Waals surface area contributed by atoms with Crippen molar-refractivity contribution in [2.24, 2.45) is 0 Å². The number of hydrogen-bond acceptors (Lipinski definition) is 3. The first-order valence-corrected chi connectivity index (χ1v) is 13.6. The molecule has 2 aliphatic heterocycles. The minimum Gasteiger partial charge on any atom is -0.465 e. The van der Waals surface area contributed by atoms with Crippen molar-refractivity contribution in [3.8, 4) is 0 Å². The lowest BCUT2D eigenvalue weighted by Crippen LogP contribution is -2.62. The maximum absolute atomic E-state index is 12.3. The second kappa shape index (κ2) is 5.09. The van der Waals surface area contributed by atoms with Crippen molar-refractivity contribution in [1.82, 2.24) is 4.23 Å². The maximum atomic E-state index is 12.3. The number of carbonyl (C=O) groups excluding carboxylic acids is 1. The lowest BCUT2D eigenvalue weighted by molar-refractivity contribution is -0.148. The van der Waals surface area contributed by atoms with E-state index in [-0.39, 0.29) is 12.0 Å². The zero-order chi connectivity index (χ0) is 13.4. The van der Waals surface area contributed by atoms with E-state index in [4.69, 9.17) is 4.74 Å². The van der Waals surface area contributed by atoms with Gasteiger partial charge in [-0.2, -0.15) is 0 Å². The highest BCUT2D eigenvalue weighted by Crippen LogP contribution is 2.40. The molecule has 2 saturated heterocycles. The van der Waals surface area contributed by atoms with Gasteiger partial charge in [0, 0.05) is 0 Å². The Bertz CT molecular complexity index is 315. The van der Waals surface area contributed by atoms with Crippen molar-refractivity contribution in [1.29, 1.82) is 0 Å². The van der Waals surface area contributed by atoms with Crippen LogP contribution in [0.25, 0.3) is 0 Å². The fourth-order valence-electron chi connectivity index (χ4n) is 3.75. The third kappa shape index (κ3) is 2.72. The van der Waals surface area contributed by atoms with Gasteiger partial charge in [-0.15, -0.1) is 0 Å². The fourth-order valence-corrected chi connectivity index (χ4v) is 18.5. The van der Waals surface area contributed by atoms with Crippen LogP contribution in [-0.2, 0) is 9.53 Å². The molecule has 2 aliphatic rings. The van der Waals surface area contributed by atoms with Crippen LogP contribution >= 0.6 is 0 Å². The van der Waals surface area contributed by atoms with Crippen molar-refractivity contribution >= 4 is 22.4 Å². The maximum Gasteiger partial charge on any atom is 0.322 e. The largest absolute Gasteiger partial charge is 0.465 e. The van der Waals surface area contributed by atoms with Gasteiger partial charge in [-0.3, -0.25) is 4.79 Å². The first-order chi connectivity index (χ1) is 8.34. The molecule has 0 aromatic carbocycles. The van der Waals surface area contributed by atoms with Crippen molar-refractivity contribution in [3.05, 3.63) is 0 Å². The minimum atomic E-state index is -1.38. The molecule has 1 atom stereocenters. The van der Waals surface area contributed by atoms with Crippen LogP contribution in [0.5, 0.6) is 0 Å². The minimum absolute atomic E-state index is 0.0674. The smallest absolute Gasteiger partial charge is 0.322 e. The normalized spacial score (nSPS) is 32.7. The monoisotopic (exact) mass is 285 g/mol. The number of carbonyl (C=O) groups is 1. The van der Waals surface area contributed by atoms with Gasteiger partial charge in [0.15, 0.2) is 0 Å². The Labute approximate surface area is 113 Å². The van der Waals surface area contributed by atoms with Gasteiger partial charge in [-0.05, 0) is 31.4 Å². The van der Waals surface area contributed by atoms with Gasteiger partial charge < -0.3 is 8.97 Å². The summed E-state index contributed by atoms with van der Waals surface area (Å²) in [5.74, 6) is 0.0674. The van der Waals surface area contributed by atoms with E-state index >= 15 is 0 Å². The Balaban J connectivity index is 2.23. The van der Waals surface area contributed by atoms with Gasteiger partial charge in [-0.25, -0.2) is 0 Å². The van der Waals surface area contributed by atoms with Crippen molar-refractivity contribution < 1.29 is 9.53 Å². The van der Waals surface area contributed by atoms with Crippen LogP contribution in [0.1, 0.15) is 25.7 Å². The SMILES string of the molecule is C[Si]1(C)CC[Si](C)(C)N1C1CCCCCOC1=O. The molecule has 0 aromatic heterocycles. The summed E-state index contributed by atoms with van der Waals surface area (Å²) in [6.07, 6.45) is 4.46. The van der Waals surface area contributed by atoms with Crippen molar-refractivity contribution in [3.63, 3.8) is 0 Å². The van der Waals surface area contributed by atoms with E-state index < -0.39 is 16.5 Å². The first-order valence-electron chi connectivity index (χ1n) is 7.31. The summed E-state index contributed by atoms with van der Waals surface area (Å²) < 4.78 is 8.16. The highest BCUT2D eigenvalue weighted by molar-refractivity contribution is 6.95. The molecule has 1 unspecified atom stereocenters. The van der Waals surface area contributed by atoms with Crippen LogP contribution in [0.4, 0.5) is 0 Å². The Hall–Kier alpha value is -0.136. The fraction of sp³-hybridized carbons (Fsp3) is 0.923. The van der Waals surface area contributed by atoms with E-state index in [0.29, 0.717) is 6.61 Å². The molecule has 0 radical (unpaired) electrons. The number of esters is 1.